The predicted molar refractivity (Wildman–Crippen MR) is 34.3 cm³/mol. The molecule has 2 heteroatoms. The van der Waals surface area contributed by atoms with Crippen molar-refractivity contribution < 1.29 is 4.74 Å². The van der Waals surface area contributed by atoms with Crippen molar-refractivity contribution in [2.24, 2.45) is 0 Å². The molecule has 1 fully saturated rings. The van der Waals surface area contributed by atoms with Crippen LogP contribution in [0.5, 0.6) is 0 Å². The van der Waals surface area contributed by atoms with Gasteiger partial charge in [0.05, 0.1) is 12.2 Å². The summed E-state index contributed by atoms with van der Waals surface area (Å²) in [5.74, 6) is 0. The zero-order valence-electron chi connectivity index (χ0n) is 5.68. The molecule has 0 aromatic heterocycles. The van der Waals surface area contributed by atoms with E-state index in [1.165, 1.54) is 12.8 Å². The molecule has 3 N–H and O–H groups in total. The highest BCUT2D eigenvalue weighted by molar-refractivity contribution is 4.73. The van der Waals surface area contributed by atoms with E-state index in [-0.39, 0.29) is 6.15 Å². The van der Waals surface area contributed by atoms with E-state index in [0.717, 1.165) is 0 Å². The highest BCUT2D eigenvalue weighted by atomic mass is 16.5. The largest absolute Gasteiger partial charge is 0.376 e. The first-order valence-corrected chi connectivity index (χ1v) is 2.94. The maximum Gasteiger partial charge on any atom is 0.0580 e. The second-order valence-electron chi connectivity index (χ2n) is 2.38. The van der Waals surface area contributed by atoms with Gasteiger partial charge in [-0.3, -0.25) is 0 Å². The summed E-state index contributed by atoms with van der Waals surface area (Å²) in [6, 6.07) is 0. The lowest BCUT2D eigenvalue weighted by Gasteiger charge is -2.02. The number of rotatable bonds is 2. The van der Waals surface area contributed by atoms with E-state index >= 15 is 0 Å². The SMILES string of the molecule is CC(C)OC1CC1.N. The standard InChI is InChI=1S/C6H12O.H3N/c1-5(2)7-6-3-4-6;/h5-6H,3-4H2,1-2H3;1H3. The number of hydrogen-bond acceptors (Lipinski definition) is 2. The van der Waals surface area contributed by atoms with Gasteiger partial charge < -0.3 is 10.9 Å². The molecule has 0 bridgehead atoms. The van der Waals surface area contributed by atoms with Crippen LogP contribution in [0.3, 0.4) is 0 Å². The molecule has 1 aliphatic carbocycles. The van der Waals surface area contributed by atoms with E-state index in [2.05, 4.69) is 13.8 Å². The Kier molecular flexibility index (Phi) is 3.02. The maximum absolute atomic E-state index is 5.36. The van der Waals surface area contributed by atoms with Crippen molar-refractivity contribution in [1.29, 1.82) is 0 Å². The van der Waals surface area contributed by atoms with Gasteiger partial charge in [0.15, 0.2) is 0 Å². The van der Waals surface area contributed by atoms with E-state index in [9.17, 15) is 0 Å². The molecule has 0 radical (unpaired) electrons. The highest BCUT2D eigenvalue weighted by Crippen LogP contribution is 2.24. The third-order valence-electron chi connectivity index (χ3n) is 0.989. The average Bonchev–Trinajstić information content (AvgIpc) is 2.17. The Morgan fingerprint density at radius 3 is 2.00 bits per heavy atom. The summed E-state index contributed by atoms with van der Waals surface area (Å²) in [6.07, 6.45) is 3.64. The molecule has 1 rings (SSSR count). The minimum atomic E-state index is 0. The molecular formula is C6H15NO. The smallest absolute Gasteiger partial charge is 0.0580 e. The van der Waals surface area contributed by atoms with Crippen LogP contribution in [0.2, 0.25) is 0 Å². The van der Waals surface area contributed by atoms with E-state index in [4.69, 9.17) is 4.74 Å². The van der Waals surface area contributed by atoms with Crippen molar-refractivity contribution in [3.63, 3.8) is 0 Å². The van der Waals surface area contributed by atoms with Gasteiger partial charge in [-0.1, -0.05) is 0 Å². The van der Waals surface area contributed by atoms with Crippen molar-refractivity contribution in [2.75, 3.05) is 0 Å². The predicted octanol–water partition coefficient (Wildman–Crippen LogP) is 1.74. The Morgan fingerprint density at radius 1 is 1.38 bits per heavy atom. The van der Waals surface area contributed by atoms with Gasteiger partial charge in [-0.15, -0.1) is 0 Å². The second-order valence-corrected chi connectivity index (χ2v) is 2.38. The van der Waals surface area contributed by atoms with Crippen LogP contribution in [0.25, 0.3) is 0 Å². The molecule has 0 aromatic carbocycles. The molecule has 0 aliphatic heterocycles. The van der Waals surface area contributed by atoms with Crippen LogP contribution in [0, 0.1) is 0 Å². The molecule has 1 aliphatic rings. The fourth-order valence-electron chi connectivity index (χ4n) is 0.589. The summed E-state index contributed by atoms with van der Waals surface area (Å²) in [5, 5.41) is 0. The Bertz CT molecular complexity index is 59.5. The molecule has 0 heterocycles. The zero-order valence-corrected chi connectivity index (χ0v) is 5.68. The normalized spacial score (nSPS) is 18.4. The van der Waals surface area contributed by atoms with Crippen LogP contribution in [-0.4, -0.2) is 12.2 Å². The first-order chi connectivity index (χ1) is 3.29. The maximum atomic E-state index is 5.36. The molecule has 0 atom stereocenters. The average molecular weight is 117 g/mol. The minimum absolute atomic E-state index is 0. The van der Waals surface area contributed by atoms with E-state index in [0.29, 0.717) is 12.2 Å². The van der Waals surface area contributed by atoms with Crippen LogP contribution in [0.15, 0.2) is 0 Å². The van der Waals surface area contributed by atoms with Gasteiger partial charge in [0.2, 0.25) is 0 Å². The molecule has 0 amide bonds. The van der Waals surface area contributed by atoms with Crippen LogP contribution >= 0.6 is 0 Å². The molecule has 8 heavy (non-hydrogen) atoms. The van der Waals surface area contributed by atoms with Crippen molar-refractivity contribution in [3.05, 3.63) is 0 Å². The summed E-state index contributed by atoms with van der Waals surface area (Å²) in [5.41, 5.74) is 0. The Hall–Kier alpha value is -0.0800. The van der Waals surface area contributed by atoms with Gasteiger partial charge in [0.25, 0.3) is 0 Å². The zero-order chi connectivity index (χ0) is 5.28. The molecule has 0 aromatic rings. The fourth-order valence-corrected chi connectivity index (χ4v) is 0.589. The van der Waals surface area contributed by atoms with Crippen molar-refractivity contribution in [1.82, 2.24) is 6.15 Å². The van der Waals surface area contributed by atoms with E-state index < -0.39 is 0 Å². The van der Waals surface area contributed by atoms with Gasteiger partial charge in [-0.2, -0.15) is 0 Å². The van der Waals surface area contributed by atoms with Gasteiger partial charge in [0.1, 0.15) is 0 Å². The molecule has 0 saturated heterocycles. The van der Waals surface area contributed by atoms with Gasteiger partial charge >= 0.3 is 0 Å². The molecule has 0 spiro atoms. The van der Waals surface area contributed by atoms with Crippen LogP contribution < -0.4 is 6.15 Å². The lowest BCUT2D eigenvalue weighted by Crippen LogP contribution is -2.02. The summed E-state index contributed by atoms with van der Waals surface area (Å²) >= 11 is 0. The van der Waals surface area contributed by atoms with Crippen molar-refractivity contribution in [2.45, 2.75) is 38.9 Å². The third kappa shape index (κ3) is 2.99. The molecule has 50 valence electrons. The van der Waals surface area contributed by atoms with Crippen LogP contribution in [-0.2, 0) is 4.74 Å². The first-order valence-electron chi connectivity index (χ1n) is 2.94. The van der Waals surface area contributed by atoms with E-state index in [1.807, 2.05) is 0 Å². The molecular weight excluding hydrogens is 102 g/mol. The highest BCUT2D eigenvalue weighted by Gasteiger charge is 2.22. The van der Waals surface area contributed by atoms with Crippen molar-refractivity contribution in [3.8, 4) is 0 Å². The molecule has 1 saturated carbocycles. The van der Waals surface area contributed by atoms with Gasteiger partial charge in [-0.25, -0.2) is 0 Å². The van der Waals surface area contributed by atoms with Gasteiger partial charge in [-0.05, 0) is 26.7 Å². The van der Waals surface area contributed by atoms with Crippen LogP contribution in [0.1, 0.15) is 26.7 Å². The summed E-state index contributed by atoms with van der Waals surface area (Å²) in [7, 11) is 0. The monoisotopic (exact) mass is 117 g/mol. The summed E-state index contributed by atoms with van der Waals surface area (Å²) < 4.78 is 5.36. The van der Waals surface area contributed by atoms with Crippen LogP contribution in [0.4, 0.5) is 0 Å². The summed E-state index contributed by atoms with van der Waals surface area (Å²) in [4.78, 5) is 0. The second kappa shape index (κ2) is 3.05. The Balaban J connectivity index is 0.000000490. The lowest BCUT2D eigenvalue weighted by molar-refractivity contribution is 0.0650. The van der Waals surface area contributed by atoms with E-state index in [1.54, 1.807) is 0 Å². The van der Waals surface area contributed by atoms with Crippen molar-refractivity contribution >= 4 is 0 Å². The topological polar surface area (TPSA) is 44.2 Å². The minimum Gasteiger partial charge on any atom is -0.376 e. The first kappa shape index (κ1) is 7.92. The van der Waals surface area contributed by atoms with Gasteiger partial charge in [0, 0.05) is 0 Å². The summed E-state index contributed by atoms with van der Waals surface area (Å²) in [6.45, 7) is 4.16. The lowest BCUT2D eigenvalue weighted by atomic mass is 10.5. The quantitative estimate of drug-likeness (QED) is 0.598. The number of ether oxygens (including phenoxy) is 1. The molecule has 0 unspecified atom stereocenters. The Morgan fingerprint density at radius 2 is 1.88 bits per heavy atom. The number of hydrogen-bond donors (Lipinski definition) is 1. The fraction of sp³-hybridized carbons (Fsp3) is 1.00. The molecule has 2 nitrogen and oxygen atoms in total. The Labute approximate surface area is 50.8 Å². The third-order valence-corrected chi connectivity index (χ3v) is 0.989.